The summed E-state index contributed by atoms with van der Waals surface area (Å²) in [5.41, 5.74) is 11.3. The number of carbonyl (C=O) groups excluding carboxylic acids is 1. The van der Waals surface area contributed by atoms with Crippen LogP contribution in [0.4, 0.5) is 5.69 Å². The van der Waals surface area contributed by atoms with Gasteiger partial charge in [-0.3, -0.25) is 9.79 Å². The molecule has 0 aliphatic heterocycles. The third-order valence-corrected chi connectivity index (χ3v) is 5.93. The molecule has 10 nitrogen and oxygen atoms in total. The number of aliphatic carboxylic acids is 1. The Morgan fingerprint density at radius 3 is 2.37 bits per heavy atom. The van der Waals surface area contributed by atoms with Crippen LogP contribution in [0.2, 0.25) is 0 Å². The second-order valence-electron chi connectivity index (χ2n) is 6.81. The van der Waals surface area contributed by atoms with Crippen LogP contribution in [0.25, 0.3) is 10.8 Å². The topological polar surface area (TPSA) is 168 Å². The van der Waals surface area contributed by atoms with Crippen LogP contribution in [-0.4, -0.2) is 57.9 Å². The Bertz CT molecular complexity index is 1080. The summed E-state index contributed by atoms with van der Waals surface area (Å²) < 4.78 is 28.4. The molecule has 0 saturated heterocycles. The number of aliphatic imine (C=N–C) groups is 1. The largest absolute Gasteiger partial charge is 0.475 e. The molecule has 0 saturated carbocycles. The predicted molar refractivity (Wildman–Crippen MR) is 115 cm³/mol. The molecule has 0 amide bonds. The van der Waals surface area contributed by atoms with Crippen molar-refractivity contribution in [2.24, 2.45) is 16.5 Å². The Balaban J connectivity index is 2.40. The summed E-state index contributed by atoms with van der Waals surface area (Å²) >= 11 is 0. The molecule has 0 aliphatic carbocycles. The smallest absolute Gasteiger partial charge is 0.373 e. The van der Waals surface area contributed by atoms with E-state index in [0.29, 0.717) is 10.8 Å². The number of anilines is 1. The minimum absolute atomic E-state index is 0.0453. The third kappa shape index (κ3) is 5.45. The van der Waals surface area contributed by atoms with Crippen LogP contribution in [0.3, 0.4) is 0 Å². The molecule has 1 atom stereocenters. The first-order chi connectivity index (χ1) is 14.0. The minimum atomic E-state index is -4.20. The number of carboxylic acids is 1. The maximum absolute atomic E-state index is 13.1. The highest BCUT2D eigenvalue weighted by Gasteiger charge is 2.30. The molecule has 2 aromatic carbocycles. The molecule has 11 heteroatoms. The summed E-state index contributed by atoms with van der Waals surface area (Å²) in [6, 6.07) is 8.58. The second kappa shape index (κ2) is 9.55. The monoisotopic (exact) mass is 435 g/mol. The number of rotatable bonds is 10. The van der Waals surface area contributed by atoms with E-state index in [1.165, 1.54) is 6.07 Å². The van der Waals surface area contributed by atoms with Gasteiger partial charge in [-0.05, 0) is 25.0 Å². The number of hydrogen-bond donors (Lipinski definition) is 4. The lowest BCUT2D eigenvalue weighted by Crippen LogP contribution is -2.44. The van der Waals surface area contributed by atoms with Crippen LogP contribution in [0.1, 0.15) is 12.8 Å². The standard InChI is InChI=1S/C19H25N5O5S/c1-24(2)15-9-3-7-13-12(15)6-4-10-16(13)30(28,29)23-14(17(25)18(26)27)8-5-11-22-19(20)21/h3-4,6-7,9-10,14,23H,5,8,11H2,1-2H3,(H,26,27)(H4,20,21,22)/t14-/m0/s1. The minimum Gasteiger partial charge on any atom is -0.475 e. The highest BCUT2D eigenvalue weighted by atomic mass is 32.2. The molecular formula is C19H25N5O5S. The van der Waals surface area contributed by atoms with Crippen molar-refractivity contribution in [3.63, 3.8) is 0 Å². The average molecular weight is 436 g/mol. The first-order valence-electron chi connectivity index (χ1n) is 9.08. The van der Waals surface area contributed by atoms with Gasteiger partial charge in [0.2, 0.25) is 10.0 Å². The summed E-state index contributed by atoms with van der Waals surface area (Å²) in [7, 11) is -0.519. The Morgan fingerprint density at radius 2 is 1.77 bits per heavy atom. The van der Waals surface area contributed by atoms with Gasteiger partial charge >= 0.3 is 5.97 Å². The Morgan fingerprint density at radius 1 is 1.13 bits per heavy atom. The Hall–Kier alpha value is -3.18. The van der Waals surface area contributed by atoms with Crippen molar-refractivity contribution in [3.05, 3.63) is 36.4 Å². The van der Waals surface area contributed by atoms with Crippen LogP contribution in [0.15, 0.2) is 46.3 Å². The van der Waals surface area contributed by atoms with Crippen molar-refractivity contribution in [2.45, 2.75) is 23.8 Å². The SMILES string of the molecule is CN(C)c1cccc2c(S(=O)(=O)N[C@@H](CCCN=C(N)N)C(=O)C(=O)O)cccc12. The first-order valence-corrected chi connectivity index (χ1v) is 10.6. The van der Waals surface area contributed by atoms with E-state index in [1.807, 2.05) is 25.1 Å². The van der Waals surface area contributed by atoms with Gasteiger partial charge in [-0.15, -0.1) is 0 Å². The summed E-state index contributed by atoms with van der Waals surface area (Å²) in [5.74, 6) is -3.13. The summed E-state index contributed by atoms with van der Waals surface area (Å²) in [6.07, 6.45) is 0.138. The zero-order valence-electron chi connectivity index (χ0n) is 16.7. The summed E-state index contributed by atoms with van der Waals surface area (Å²) in [5, 5.41) is 10.2. The molecule has 162 valence electrons. The van der Waals surface area contributed by atoms with E-state index in [0.717, 1.165) is 5.69 Å². The van der Waals surface area contributed by atoms with Crippen molar-refractivity contribution < 1.29 is 23.1 Å². The molecule has 2 aromatic rings. The van der Waals surface area contributed by atoms with Crippen molar-refractivity contribution >= 4 is 44.2 Å². The van der Waals surface area contributed by atoms with Gasteiger partial charge in [-0.2, -0.15) is 4.72 Å². The molecule has 0 unspecified atom stereocenters. The van der Waals surface area contributed by atoms with Crippen molar-refractivity contribution in [2.75, 3.05) is 25.5 Å². The molecule has 30 heavy (non-hydrogen) atoms. The lowest BCUT2D eigenvalue weighted by Gasteiger charge is -2.19. The predicted octanol–water partition coefficient (Wildman–Crippen LogP) is 0.260. The number of nitrogens with zero attached hydrogens (tertiary/aromatic N) is 2. The van der Waals surface area contributed by atoms with E-state index in [1.54, 1.807) is 24.3 Å². The highest BCUT2D eigenvalue weighted by molar-refractivity contribution is 7.89. The zero-order valence-corrected chi connectivity index (χ0v) is 17.5. The number of carbonyl (C=O) groups is 2. The fourth-order valence-electron chi connectivity index (χ4n) is 3.04. The number of guanidine groups is 1. The van der Waals surface area contributed by atoms with Gasteiger partial charge in [0.25, 0.3) is 5.78 Å². The van der Waals surface area contributed by atoms with Crippen LogP contribution < -0.4 is 21.1 Å². The number of nitrogens with two attached hydrogens (primary N) is 2. The number of sulfonamides is 1. The first kappa shape index (κ1) is 23.1. The summed E-state index contributed by atoms with van der Waals surface area (Å²) in [4.78, 5) is 28.8. The van der Waals surface area contributed by atoms with Crippen molar-refractivity contribution in [1.29, 1.82) is 0 Å². The maximum atomic E-state index is 13.1. The number of fused-ring (bicyclic) bond motifs is 1. The number of nitrogens with one attached hydrogen (secondary N) is 1. The molecule has 0 bridgehead atoms. The van der Waals surface area contributed by atoms with Crippen LogP contribution >= 0.6 is 0 Å². The average Bonchev–Trinajstić information content (AvgIpc) is 2.68. The van der Waals surface area contributed by atoms with Gasteiger partial charge in [0.05, 0.1) is 10.9 Å². The maximum Gasteiger partial charge on any atom is 0.373 e. The molecule has 0 spiro atoms. The number of Topliss-reactive ketones (excluding diaryl/α,β-unsaturated/α-hetero) is 1. The lowest BCUT2D eigenvalue weighted by molar-refractivity contribution is -0.149. The molecule has 0 radical (unpaired) electrons. The fourth-order valence-corrected chi connectivity index (χ4v) is 4.49. The normalized spacial score (nSPS) is 12.3. The molecule has 0 aromatic heterocycles. The van der Waals surface area contributed by atoms with E-state index in [9.17, 15) is 18.0 Å². The number of carboxylic acid groups (broad SMARTS) is 1. The fraction of sp³-hybridized carbons (Fsp3) is 0.316. The molecule has 2 rings (SSSR count). The Kier molecular flexibility index (Phi) is 7.35. The van der Waals surface area contributed by atoms with E-state index >= 15 is 0 Å². The van der Waals surface area contributed by atoms with E-state index in [2.05, 4.69) is 9.71 Å². The van der Waals surface area contributed by atoms with Gasteiger partial charge in [0, 0.05) is 37.1 Å². The van der Waals surface area contributed by atoms with Gasteiger partial charge in [0.15, 0.2) is 5.96 Å². The van der Waals surface area contributed by atoms with Crippen LogP contribution in [0.5, 0.6) is 0 Å². The van der Waals surface area contributed by atoms with Gasteiger partial charge in [-0.25, -0.2) is 13.2 Å². The van der Waals surface area contributed by atoms with Crippen LogP contribution in [0, 0.1) is 0 Å². The highest BCUT2D eigenvalue weighted by Crippen LogP contribution is 2.30. The lowest BCUT2D eigenvalue weighted by atomic mass is 10.1. The number of benzene rings is 2. The number of hydrogen-bond acceptors (Lipinski definition) is 6. The quantitative estimate of drug-likeness (QED) is 0.178. The number of ketones is 1. The van der Waals surface area contributed by atoms with Gasteiger partial charge < -0.3 is 21.5 Å². The van der Waals surface area contributed by atoms with Gasteiger partial charge in [-0.1, -0.05) is 24.3 Å². The van der Waals surface area contributed by atoms with Gasteiger partial charge in [0.1, 0.15) is 0 Å². The summed E-state index contributed by atoms with van der Waals surface area (Å²) in [6.45, 7) is 0.133. The molecule has 0 aliphatic rings. The molecule has 0 heterocycles. The zero-order chi connectivity index (χ0) is 22.5. The molecule has 6 N–H and O–H groups in total. The Labute approximate surface area is 174 Å². The van der Waals surface area contributed by atoms with Crippen LogP contribution in [-0.2, 0) is 19.6 Å². The van der Waals surface area contributed by atoms with Crippen molar-refractivity contribution in [1.82, 2.24) is 4.72 Å². The van der Waals surface area contributed by atoms with E-state index < -0.39 is 27.8 Å². The van der Waals surface area contributed by atoms with E-state index in [-0.39, 0.29) is 30.2 Å². The second-order valence-corrected chi connectivity index (χ2v) is 8.50. The van der Waals surface area contributed by atoms with E-state index in [4.69, 9.17) is 16.6 Å². The van der Waals surface area contributed by atoms with Crippen molar-refractivity contribution in [3.8, 4) is 0 Å². The molecule has 0 fully saturated rings. The molecular weight excluding hydrogens is 410 g/mol. The third-order valence-electron chi connectivity index (χ3n) is 4.40.